The van der Waals surface area contributed by atoms with Gasteiger partial charge in [-0.25, -0.2) is 0 Å². The number of hydrogen-bond acceptors (Lipinski definition) is 2. The Hall–Kier alpha value is -2.21. The van der Waals surface area contributed by atoms with Crippen LogP contribution < -0.4 is 20.5 Å². The third-order valence-electron chi connectivity index (χ3n) is 6.06. The van der Waals surface area contributed by atoms with E-state index in [0.29, 0.717) is 0 Å². The van der Waals surface area contributed by atoms with Gasteiger partial charge in [-0.2, -0.15) is 4.57 Å². The molecule has 1 heterocycles. The Balaban J connectivity index is 2.03. The summed E-state index contributed by atoms with van der Waals surface area (Å²) in [5, 5.41) is 5.91. The molecule has 4 N–H and O–H groups in total. The molecule has 0 spiro atoms. The van der Waals surface area contributed by atoms with Gasteiger partial charge in [0.05, 0.1) is 40.2 Å². The van der Waals surface area contributed by atoms with E-state index in [4.69, 9.17) is 0 Å². The SMILES string of the molecule is CNCc1ccc2cc3ccc(N(C)C)cc3[n+](CCC[N+](C)(C)CCC[NH3+])c2c1. The molecule has 1 aromatic heterocycles. The van der Waals surface area contributed by atoms with Crippen LogP contribution in [-0.2, 0) is 13.1 Å². The van der Waals surface area contributed by atoms with Crippen molar-refractivity contribution in [1.82, 2.24) is 5.32 Å². The van der Waals surface area contributed by atoms with Gasteiger partial charge in [0, 0.05) is 55.7 Å². The first-order valence-electron chi connectivity index (χ1n) is 11.2. The van der Waals surface area contributed by atoms with Crippen LogP contribution >= 0.6 is 0 Å². The van der Waals surface area contributed by atoms with Gasteiger partial charge in [0.1, 0.15) is 0 Å². The molecule has 0 aliphatic rings. The second-order valence-corrected chi connectivity index (χ2v) is 9.30. The second kappa shape index (κ2) is 9.73. The molecule has 5 nitrogen and oxygen atoms in total. The molecule has 0 aliphatic carbocycles. The molecule has 0 amide bonds. The Bertz CT molecular complexity index is 994. The maximum Gasteiger partial charge on any atom is 0.215 e. The Morgan fingerprint density at radius 1 is 0.933 bits per heavy atom. The zero-order valence-corrected chi connectivity index (χ0v) is 19.5. The number of benzene rings is 2. The smallest absolute Gasteiger partial charge is 0.215 e. The van der Waals surface area contributed by atoms with Gasteiger partial charge < -0.3 is 20.4 Å². The summed E-state index contributed by atoms with van der Waals surface area (Å²) in [5.41, 5.74) is 9.22. The van der Waals surface area contributed by atoms with Gasteiger partial charge in [-0.1, -0.05) is 6.07 Å². The van der Waals surface area contributed by atoms with Gasteiger partial charge in [0.15, 0.2) is 6.54 Å². The van der Waals surface area contributed by atoms with E-state index in [1.165, 1.54) is 52.6 Å². The molecule has 0 saturated carbocycles. The van der Waals surface area contributed by atoms with E-state index in [1.807, 2.05) is 7.05 Å². The minimum atomic E-state index is 0.890. The molecule has 0 unspecified atom stereocenters. The molecule has 162 valence electrons. The molecule has 2 aromatic carbocycles. The molecule has 0 fully saturated rings. The molecule has 3 aromatic rings. The summed E-state index contributed by atoms with van der Waals surface area (Å²) in [7, 11) is 10.9. The summed E-state index contributed by atoms with van der Waals surface area (Å²) in [6.45, 7) is 5.31. The van der Waals surface area contributed by atoms with Crippen molar-refractivity contribution in [3.05, 3.63) is 48.0 Å². The summed E-state index contributed by atoms with van der Waals surface area (Å²) in [5.74, 6) is 0. The van der Waals surface area contributed by atoms with Crippen molar-refractivity contribution < 1.29 is 14.8 Å². The Kier molecular flexibility index (Phi) is 7.29. The van der Waals surface area contributed by atoms with Crippen molar-refractivity contribution in [2.75, 3.05) is 59.8 Å². The largest absolute Gasteiger partial charge is 0.377 e. The summed E-state index contributed by atoms with van der Waals surface area (Å²) in [4.78, 5) is 2.18. The fourth-order valence-electron chi connectivity index (χ4n) is 4.27. The average molecular weight is 411 g/mol. The van der Waals surface area contributed by atoms with Crippen LogP contribution in [0.3, 0.4) is 0 Å². The molecule has 30 heavy (non-hydrogen) atoms. The number of nitrogens with one attached hydrogen (secondary N) is 1. The van der Waals surface area contributed by atoms with Crippen LogP contribution in [0.5, 0.6) is 0 Å². The van der Waals surface area contributed by atoms with Crippen molar-refractivity contribution in [2.45, 2.75) is 25.9 Å². The fourth-order valence-corrected chi connectivity index (χ4v) is 4.27. The minimum absolute atomic E-state index is 0.890. The molecule has 3 rings (SSSR count). The Morgan fingerprint density at radius 2 is 1.60 bits per heavy atom. The van der Waals surface area contributed by atoms with Crippen LogP contribution in [0.1, 0.15) is 18.4 Å². The standard InChI is InChI=1S/C25H39N5/c1-27-19-20-8-9-21-17-22-10-11-23(28(2)3)18-25(22)29(24(21)16-20)13-7-15-30(4,5)14-6-12-26/h8-11,16-18,27H,6-7,12-15,19,26H2,1-5H3/q+2/p+1. The number of quaternary nitrogens is 2. The quantitative estimate of drug-likeness (QED) is 0.306. The maximum absolute atomic E-state index is 4.01. The number of aryl methyl sites for hydroxylation is 1. The van der Waals surface area contributed by atoms with Crippen LogP contribution in [0.4, 0.5) is 5.69 Å². The van der Waals surface area contributed by atoms with Crippen LogP contribution in [0.15, 0.2) is 42.5 Å². The molecule has 0 aliphatic heterocycles. The summed E-state index contributed by atoms with van der Waals surface area (Å²) < 4.78 is 3.60. The average Bonchev–Trinajstić information content (AvgIpc) is 2.72. The molecular formula is C25H40N5+3. The summed E-state index contributed by atoms with van der Waals surface area (Å²) in [6.07, 6.45) is 2.35. The molecule has 5 heteroatoms. The van der Waals surface area contributed by atoms with E-state index in [1.54, 1.807) is 0 Å². The van der Waals surface area contributed by atoms with Crippen LogP contribution in [0, 0.1) is 0 Å². The topological polar surface area (TPSA) is 46.8 Å². The predicted octanol–water partition coefficient (Wildman–Crippen LogP) is 2.16. The monoisotopic (exact) mass is 410 g/mol. The van der Waals surface area contributed by atoms with Gasteiger partial charge in [-0.05, 0) is 36.9 Å². The maximum atomic E-state index is 4.01. The number of nitrogens with zero attached hydrogens (tertiary/aromatic N) is 3. The van der Waals surface area contributed by atoms with Crippen LogP contribution in [0.2, 0.25) is 0 Å². The molecular weight excluding hydrogens is 370 g/mol. The molecule has 0 saturated heterocycles. The van der Waals surface area contributed by atoms with E-state index in [-0.39, 0.29) is 0 Å². The van der Waals surface area contributed by atoms with E-state index >= 15 is 0 Å². The second-order valence-electron chi connectivity index (χ2n) is 9.30. The van der Waals surface area contributed by atoms with E-state index in [2.05, 4.69) is 91.2 Å². The zero-order chi connectivity index (χ0) is 21.7. The zero-order valence-electron chi connectivity index (χ0n) is 19.5. The van der Waals surface area contributed by atoms with Gasteiger partial charge in [0.2, 0.25) is 11.0 Å². The highest BCUT2D eigenvalue weighted by molar-refractivity contribution is 5.90. The van der Waals surface area contributed by atoms with Gasteiger partial charge in [-0.15, -0.1) is 0 Å². The van der Waals surface area contributed by atoms with Crippen molar-refractivity contribution in [2.24, 2.45) is 0 Å². The van der Waals surface area contributed by atoms with Gasteiger partial charge >= 0.3 is 0 Å². The van der Waals surface area contributed by atoms with Crippen LogP contribution in [0.25, 0.3) is 21.8 Å². The number of fused-ring (bicyclic) bond motifs is 2. The number of hydrogen-bond donors (Lipinski definition) is 2. The highest BCUT2D eigenvalue weighted by atomic mass is 15.3. The third kappa shape index (κ3) is 5.28. The van der Waals surface area contributed by atoms with Gasteiger partial charge in [-0.3, -0.25) is 0 Å². The predicted molar refractivity (Wildman–Crippen MR) is 128 cm³/mol. The number of pyridine rings is 1. The number of rotatable bonds is 10. The van der Waals surface area contributed by atoms with Gasteiger partial charge in [0.25, 0.3) is 0 Å². The van der Waals surface area contributed by atoms with Crippen LogP contribution in [-0.4, -0.2) is 59.4 Å². The lowest BCUT2D eigenvalue weighted by atomic mass is 10.1. The van der Waals surface area contributed by atoms with E-state index in [0.717, 1.165) is 30.5 Å². The molecule has 0 bridgehead atoms. The summed E-state index contributed by atoms with van der Waals surface area (Å²) >= 11 is 0. The van der Waals surface area contributed by atoms with Crippen molar-refractivity contribution in [3.63, 3.8) is 0 Å². The number of anilines is 1. The molecule has 0 atom stereocenters. The Morgan fingerprint density at radius 3 is 2.27 bits per heavy atom. The van der Waals surface area contributed by atoms with Crippen molar-refractivity contribution in [3.8, 4) is 0 Å². The van der Waals surface area contributed by atoms with Crippen molar-refractivity contribution >= 4 is 27.5 Å². The summed E-state index contributed by atoms with van der Waals surface area (Å²) in [6, 6.07) is 16.0. The van der Waals surface area contributed by atoms with Crippen molar-refractivity contribution in [1.29, 1.82) is 0 Å². The fraction of sp³-hybridized carbons (Fsp3) is 0.480. The third-order valence-corrected chi connectivity index (χ3v) is 6.06. The first kappa shape index (κ1) is 22.5. The minimum Gasteiger partial charge on any atom is -0.377 e. The number of aromatic nitrogens is 1. The van der Waals surface area contributed by atoms with E-state index < -0.39 is 0 Å². The highest BCUT2D eigenvalue weighted by Crippen LogP contribution is 2.23. The lowest BCUT2D eigenvalue weighted by Gasteiger charge is -2.29. The van der Waals surface area contributed by atoms with E-state index in [9.17, 15) is 0 Å². The lowest BCUT2D eigenvalue weighted by molar-refractivity contribution is -0.893. The molecule has 0 radical (unpaired) electrons. The Labute approximate surface area is 181 Å². The first-order valence-corrected chi connectivity index (χ1v) is 11.2. The normalized spacial score (nSPS) is 12.1. The first-order chi connectivity index (χ1) is 14.3. The highest BCUT2D eigenvalue weighted by Gasteiger charge is 2.20. The lowest BCUT2D eigenvalue weighted by Crippen LogP contribution is -2.53.